The lowest BCUT2D eigenvalue weighted by atomic mass is 10.2. The van der Waals surface area contributed by atoms with Crippen LogP contribution >= 0.6 is 0 Å². The summed E-state index contributed by atoms with van der Waals surface area (Å²) in [6, 6.07) is 4.02. The second kappa shape index (κ2) is 5.58. The number of tetrazole rings is 1. The first-order valence-electron chi connectivity index (χ1n) is 5.20. The molecule has 1 aromatic heterocycles. The number of nitrogens with zero attached hydrogens (tertiary/aromatic N) is 5. The average molecular weight is 262 g/mol. The van der Waals surface area contributed by atoms with E-state index in [1.807, 2.05) is 0 Å². The van der Waals surface area contributed by atoms with Gasteiger partial charge in [-0.3, -0.25) is 4.79 Å². The molecule has 9 nitrogen and oxygen atoms in total. The summed E-state index contributed by atoms with van der Waals surface area (Å²) in [4.78, 5) is 11.4. The van der Waals surface area contributed by atoms with Crippen LogP contribution in [0, 0.1) is 0 Å². The molecule has 0 aliphatic heterocycles. The van der Waals surface area contributed by atoms with Gasteiger partial charge in [0.2, 0.25) is 0 Å². The number of phenols is 2. The van der Waals surface area contributed by atoms with Gasteiger partial charge in [-0.05, 0) is 22.6 Å². The third kappa shape index (κ3) is 3.49. The number of hydrogen-bond donors (Lipinski definition) is 3. The first-order chi connectivity index (χ1) is 9.15. The number of hydrogen-bond acceptors (Lipinski definition) is 7. The lowest BCUT2D eigenvalue weighted by molar-refractivity contribution is -0.121. The number of amides is 1. The quantitative estimate of drug-likeness (QED) is 0.491. The molecule has 98 valence electrons. The fourth-order valence-electron chi connectivity index (χ4n) is 1.25. The summed E-state index contributed by atoms with van der Waals surface area (Å²) < 4.78 is 1.24. The molecular weight excluding hydrogens is 252 g/mol. The van der Waals surface area contributed by atoms with Crippen molar-refractivity contribution in [3.8, 4) is 11.5 Å². The standard InChI is InChI=1S/C10H10N6O3/c17-8-2-1-7(9(18)3-8)4-11-13-10(19)5-16-6-12-14-15-16/h1-4,6,17-18H,5H2,(H,13,19)/b11-4-. The van der Waals surface area contributed by atoms with Gasteiger partial charge in [-0.15, -0.1) is 5.10 Å². The molecule has 3 N–H and O–H groups in total. The Morgan fingerprint density at radius 1 is 1.47 bits per heavy atom. The average Bonchev–Trinajstić information content (AvgIpc) is 2.84. The van der Waals surface area contributed by atoms with Gasteiger partial charge in [0.05, 0.1) is 6.21 Å². The van der Waals surface area contributed by atoms with Crippen LogP contribution < -0.4 is 5.43 Å². The molecule has 1 amide bonds. The molecule has 0 unspecified atom stereocenters. The van der Waals surface area contributed by atoms with Crippen molar-refractivity contribution in [2.75, 3.05) is 0 Å². The Bertz CT molecular complexity index is 595. The SMILES string of the molecule is O=C(Cn1cnnn1)N/N=C\c1ccc(O)cc1O. The van der Waals surface area contributed by atoms with Gasteiger partial charge in [0.25, 0.3) is 5.91 Å². The van der Waals surface area contributed by atoms with Crippen molar-refractivity contribution in [1.29, 1.82) is 0 Å². The number of nitrogens with one attached hydrogen (secondary N) is 1. The Kier molecular flexibility index (Phi) is 3.67. The van der Waals surface area contributed by atoms with Crippen LogP contribution in [0.5, 0.6) is 11.5 Å². The highest BCUT2D eigenvalue weighted by Crippen LogP contribution is 2.20. The molecule has 1 heterocycles. The maximum Gasteiger partial charge on any atom is 0.261 e. The normalized spacial score (nSPS) is 10.7. The number of carbonyl (C=O) groups is 1. The number of aromatic hydroxyl groups is 2. The van der Waals surface area contributed by atoms with E-state index in [1.54, 1.807) is 0 Å². The van der Waals surface area contributed by atoms with Crippen molar-refractivity contribution in [3.63, 3.8) is 0 Å². The van der Waals surface area contributed by atoms with Crippen LogP contribution in [0.3, 0.4) is 0 Å². The zero-order valence-corrected chi connectivity index (χ0v) is 9.63. The van der Waals surface area contributed by atoms with Crippen molar-refractivity contribution in [2.45, 2.75) is 6.54 Å². The zero-order valence-electron chi connectivity index (χ0n) is 9.63. The highest BCUT2D eigenvalue weighted by Gasteiger charge is 2.02. The minimum absolute atomic E-state index is 0.0580. The first-order valence-corrected chi connectivity index (χ1v) is 5.20. The van der Waals surface area contributed by atoms with E-state index in [0.717, 1.165) is 0 Å². The summed E-state index contributed by atoms with van der Waals surface area (Å²) >= 11 is 0. The Labute approximate surface area is 107 Å². The summed E-state index contributed by atoms with van der Waals surface area (Å²) in [5.74, 6) is -0.613. The summed E-state index contributed by atoms with van der Waals surface area (Å²) in [5.41, 5.74) is 2.61. The molecular formula is C10H10N6O3. The fourth-order valence-corrected chi connectivity index (χ4v) is 1.25. The van der Waals surface area contributed by atoms with Gasteiger partial charge < -0.3 is 10.2 Å². The van der Waals surface area contributed by atoms with Gasteiger partial charge in [-0.2, -0.15) is 5.10 Å². The van der Waals surface area contributed by atoms with E-state index in [1.165, 1.54) is 35.4 Å². The maximum atomic E-state index is 11.4. The van der Waals surface area contributed by atoms with Crippen LogP contribution in [0.15, 0.2) is 29.6 Å². The Hall–Kier alpha value is -2.97. The fraction of sp³-hybridized carbons (Fsp3) is 0.100. The van der Waals surface area contributed by atoms with E-state index in [0.29, 0.717) is 5.56 Å². The van der Waals surface area contributed by atoms with Gasteiger partial charge >= 0.3 is 0 Å². The number of rotatable bonds is 4. The van der Waals surface area contributed by atoms with Crippen molar-refractivity contribution in [2.24, 2.45) is 5.10 Å². The van der Waals surface area contributed by atoms with Crippen LogP contribution in [0.4, 0.5) is 0 Å². The van der Waals surface area contributed by atoms with E-state index in [9.17, 15) is 9.90 Å². The first kappa shape index (κ1) is 12.5. The molecule has 0 radical (unpaired) electrons. The number of benzene rings is 1. The van der Waals surface area contributed by atoms with E-state index >= 15 is 0 Å². The van der Waals surface area contributed by atoms with Gasteiger partial charge in [-0.1, -0.05) is 0 Å². The molecule has 0 saturated carbocycles. The maximum absolute atomic E-state index is 11.4. The molecule has 0 atom stereocenters. The van der Waals surface area contributed by atoms with Gasteiger partial charge in [0, 0.05) is 11.6 Å². The second-order valence-electron chi connectivity index (χ2n) is 3.54. The van der Waals surface area contributed by atoms with Crippen molar-refractivity contribution < 1.29 is 15.0 Å². The third-order valence-corrected chi connectivity index (χ3v) is 2.10. The summed E-state index contributed by atoms with van der Waals surface area (Å²) in [6.45, 7) is -0.0636. The molecule has 0 spiro atoms. The molecule has 2 aromatic rings. The summed E-state index contributed by atoms with van der Waals surface area (Å²) in [7, 11) is 0. The minimum atomic E-state index is -0.415. The van der Waals surface area contributed by atoms with Crippen LogP contribution in [-0.4, -0.2) is 42.5 Å². The van der Waals surface area contributed by atoms with Crippen molar-refractivity contribution >= 4 is 12.1 Å². The van der Waals surface area contributed by atoms with Gasteiger partial charge in [-0.25, -0.2) is 10.1 Å². The predicted octanol–water partition coefficient (Wildman–Crippen LogP) is -0.765. The highest BCUT2D eigenvalue weighted by molar-refractivity contribution is 5.85. The topological polar surface area (TPSA) is 126 Å². The molecule has 0 aliphatic rings. The van der Waals surface area contributed by atoms with E-state index < -0.39 is 5.91 Å². The largest absolute Gasteiger partial charge is 0.508 e. The van der Waals surface area contributed by atoms with E-state index in [4.69, 9.17) is 5.11 Å². The van der Waals surface area contributed by atoms with Gasteiger partial charge in [0.1, 0.15) is 24.4 Å². The molecule has 0 fully saturated rings. The minimum Gasteiger partial charge on any atom is -0.508 e. The highest BCUT2D eigenvalue weighted by atomic mass is 16.3. The molecule has 2 rings (SSSR count). The molecule has 9 heteroatoms. The summed E-state index contributed by atoms with van der Waals surface area (Å²) in [6.07, 6.45) is 2.56. The molecule has 0 saturated heterocycles. The van der Waals surface area contributed by atoms with Crippen LogP contribution in [-0.2, 0) is 11.3 Å². The predicted molar refractivity (Wildman–Crippen MR) is 63.3 cm³/mol. The molecule has 1 aromatic carbocycles. The number of hydrazone groups is 1. The van der Waals surface area contributed by atoms with Gasteiger partial charge in [0.15, 0.2) is 0 Å². The Morgan fingerprint density at radius 3 is 3.00 bits per heavy atom. The number of carbonyl (C=O) groups excluding carboxylic acids is 1. The number of aromatic nitrogens is 4. The van der Waals surface area contributed by atoms with Crippen LogP contribution in [0.1, 0.15) is 5.56 Å². The van der Waals surface area contributed by atoms with E-state index in [-0.39, 0.29) is 18.0 Å². The Morgan fingerprint density at radius 2 is 2.32 bits per heavy atom. The third-order valence-electron chi connectivity index (χ3n) is 2.10. The van der Waals surface area contributed by atoms with E-state index in [2.05, 4.69) is 26.1 Å². The van der Waals surface area contributed by atoms with Crippen molar-refractivity contribution in [1.82, 2.24) is 25.6 Å². The summed E-state index contributed by atoms with van der Waals surface area (Å²) in [5, 5.41) is 32.5. The molecule has 0 aliphatic carbocycles. The van der Waals surface area contributed by atoms with Crippen LogP contribution in [0.25, 0.3) is 0 Å². The molecule has 19 heavy (non-hydrogen) atoms. The lowest BCUT2D eigenvalue weighted by Crippen LogP contribution is -2.23. The monoisotopic (exact) mass is 262 g/mol. The second-order valence-corrected chi connectivity index (χ2v) is 3.54. The smallest absolute Gasteiger partial charge is 0.261 e. The Balaban J connectivity index is 1.91. The number of phenolic OH excluding ortho intramolecular Hbond substituents is 2. The van der Waals surface area contributed by atoms with Crippen molar-refractivity contribution in [3.05, 3.63) is 30.1 Å². The molecule has 0 bridgehead atoms. The lowest BCUT2D eigenvalue weighted by Gasteiger charge is -2.00. The van der Waals surface area contributed by atoms with Crippen LogP contribution in [0.2, 0.25) is 0 Å². The zero-order chi connectivity index (χ0) is 13.7.